The van der Waals surface area contributed by atoms with Crippen molar-refractivity contribution in [1.82, 2.24) is 10.3 Å². The molecule has 0 atom stereocenters. The summed E-state index contributed by atoms with van der Waals surface area (Å²) in [5.41, 5.74) is 9.15. The third-order valence-corrected chi connectivity index (χ3v) is 4.02. The predicted molar refractivity (Wildman–Crippen MR) is 97.5 cm³/mol. The van der Waals surface area contributed by atoms with E-state index in [1.165, 1.54) is 0 Å². The fourth-order valence-electron chi connectivity index (χ4n) is 2.82. The lowest BCUT2D eigenvalue weighted by Crippen LogP contribution is -2.23. The van der Waals surface area contributed by atoms with Gasteiger partial charge in [-0.3, -0.25) is 9.59 Å². The number of amides is 2. The first kappa shape index (κ1) is 16.8. The summed E-state index contributed by atoms with van der Waals surface area (Å²) in [5, 5.41) is 4.00. The zero-order valence-corrected chi connectivity index (χ0v) is 13.8. The number of primary amides is 1. The topological polar surface area (TPSA) is 88.0 Å². The molecule has 0 bridgehead atoms. The van der Waals surface area contributed by atoms with Crippen LogP contribution < -0.4 is 11.1 Å². The van der Waals surface area contributed by atoms with Gasteiger partial charge in [-0.15, -0.1) is 0 Å². The molecule has 1 aromatic heterocycles. The second kappa shape index (κ2) is 7.66. The molecule has 3 rings (SSSR count). The van der Waals surface area contributed by atoms with Crippen LogP contribution in [0, 0.1) is 6.42 Å². The van der Waals surface area contributed by atoms with E-state index in [1.807, 2.05) is 54.7 Å². The van der Waals surface area contributed by atoms with Crippen LogP contribution in [-0.2, 0) is 29.0 Å². The van der Waals surface area contributed by atoms with Gasteiger partial charge in [-0.25, -0.2) is 0 Å². The number of nitrogens with one attached hydrogen (secondary N) is 2. The van der Waals surface area contributed by atoms with Crippen LogP contribution in [0.2, 0.25) is 0 Å². The number of carbonyl (C=O) groups excluding carboxylic acids is 2. The summed E-state index contributed by atoms with van der Waals surface area (Å²) in [6.45, 7) is 0.413. The average molecular weight is 334 g/mol. The molecule has 0 aliphatic heterocycles. The van der Waals surface area contributed by atoms with E-state index in [9.17, 15) is 9.59 Å². The normalized spacial score (nSPS) is 10.7. The number of nitrogens with two attached hydrogens (primary N) is 1. The molecule has 0 aliphatic rings. The van der Waals surface area contributed by atoms with E-state index >= 15 is 0 Å². The molecule has 0 saturated carbocycles. The number of rotatable bonds is 7. The Labute approximate surface area is 146 Å². The first-order valence-corrected chi connectivity index (χ1v) is 8.14. The summed E-state index contributed by atoms with van der Waals surface area (Å²) < 4.78 is 0. The van der Waals surface area contributed by atoms with Crippen LogP contribution in [0.15, 0.2) is 54.7 Å². The van der Waals surface area contributed by atoms with Gasteiger partial charge in [0.25, 0.3) is 0 Å². The number of benzene rings is 2. The highest BCUT2D eigenvalue weighted by Crippen LogP contribution is 2.18. The quantitative estimate of drug-likeness (QED) is 0.619. The molecule has 4 N–H and O–H groups in total. The Morgan fingerprint density at radius 2 is 1.88 bits per heavy atom. The van der Waals surface area contributed by atoms with Gasteiger partial charge < -0.3 is 16.0 Å². The lowest BCUT2D eigenvalue weighted by molar-refractivity contribution is -0.118. The zero-order chi connectivity index (χ0) is 17.6. The molecule has 2 amide bonds. The van der Waals surface area contributed by atoms with Crippen molar-refractivity contribution in [3.63, 3.8) is 0 Å². The van der Waals surface area contributed by atoms with E-state index in [1.54, 1.807) is 6.42 Å². The molecule has 1 radical (unpaired) electrons. The summed E-state index contributed by atoms with van der Waals surface area (Å²) >= 11 is 0. The number of hydrogen-bond acceptors (Lipinski definition) is 2. The Morgan fingerprint density at radius 3 is 2.72 bits per heavy atom. The number of carbonyl (C=O) groups is 2. The van der Waals surface area contributed by atoms with Crippen molar-refractivity contribution in [3.8, 4) is 0 Å². The highest BCUT2D eigenvalue weighted by atomic mass is 16.1. The molecule has 2 aromatic carbocycles. The maximum absolute atomic E-state index is 12.1. The molecule has 5 nitrogen and oxygen atoms in total. The molecule has 0 spiro atoms. The van der Waals surface area contributed by atoms with Crippen LogP contribution in [0.25, 0.3) is 10.9 Å². The Hall–Kier alpha value is -3.08. The summed E-state index contributed by atoms with van der Waals surface area (Å²) in [5.74, 6) is -0.487. The summed E-state index contributed by atoms with van der Waals surface area (Å²) in [6.07, 6.45) is 4.34. The average Bonchev–Trinajstić information content (AvgIpc) is 3.01. The SMILES string of the molecule is NC(=O)Cc1cccc(CNC(=O)[CH]Cc2c[nH]c3ccccc23)c1. The van der Waals surface area contributed by atoms with Gasteiger partial charge in [-0.05, 0) is 29.2 Å². The Balaban J connectivity index is 1.52. The van der Waals surface area contributed by atoms with E-state index in [0.29, 0.717) is 13.0 Å². The summed E-state index contributed by atoms with van der Waals surface area (Å²) in [7, 11) is 0. The molecule has 0 aliphatic carbocycles. The molecular weight excluding hydrogens is 314 g/mol. The number of aromatic amines is 1. The minimum Gasteiger partial charge on any atom is -0.369 e. The highest BCUT2D eigenvalue weighted by molar-refractivity contribution is 5.87. The summed E-state index contributed by atoms with van der Waals surface area (Å²) in [6, 6.07) is 15.5. The lowest BCUT2D eigenvalue weighted by Gasteiger charge is -2.07. The van der Waals surface area contributed by atoms with Crippen molar-refractivity contribution in [1.29, 1.82) is 0 Å². The second-order valence-corrected chi connectivity index (χ2v) is 5.95. The molecule has 127 valence electrons. The summed E-state index contributed by atoms with van der Waals surface area (Å²) in [4.78, 5) is 26.2. The Kier molecular flexibility index (Phi) is 5.14. The predicted octanol–water partition coefficient (Wildman–Crippen LogP) is 2.26. The van der Waals surface area contributed by atoms with E-state index in [4.69, 9.17) is 5.73 Å². The highest BCUT2D eigenvalue weighted by Gasteiger charge is 2.07. The van der Waals surface area contributed by atoms with Gasteiger partial charge in [0, 0.05) is 23.6 Å². The first-order valence-electron chi connectivity index (χ1n) is 8.14. The van der Waals surface area contributed by atoms with Gasteiger partial charge in [-0.1, -0.05) is 42.5 Å². The van der Waals surface area contributed by atoms with Crippen LogP contribution in [0.4, 0.5) is 0 Å². The van der Waals surface area contributed by atoms with Crippen LogP contribution in [-0.4, -0.2) is 16.8 Å². The van der Waals surface area contributed by atoms with Gasteiger partial charge in [0.1, 0.15) is 0 Å². The molecule has 1 heterocycles. The van der Waals surface area contributed by atoms with Crippen molar-refractivity contribution in [3.05, 3.63) is 77.8 Å². The number of H-pyrrole nitrogens is 1. The van der Waals surface area contributed by atoms with Crippen molar-refractivity contribution in [2.75, 3.05) is 0 Å². The molecule has 5 heteroatoms. The smallest absolute Gasteiger partial charge is 0.224 e. The maximum atomic E-state index is 12.1. The van der Waals surface area contributed by atoms with Crippen LogP contribution in [0.1, 0.15) is 16.7 Å². The number of hydrogen-bond donors (Lipinski definition) is 3. The van der Waals surface area contributed by atoms with Crippen molar-refractivity contribution >= 4 is 22.7 Å². The standard InChI is InChI=1S/C20H20N3O2/c21-19(24)11-14-4-3-5-15(10-14)12-23-20(25)9-8-16-13-22-18-7-2-1-6-17(16)18/h1-7,9-10,13,22H,8,11-12H2,(H2,21,24)(H,23,25). The molecular formula is C20H20N3O2. The van der Waals surface area contributed by atoms with Gasteiger partial charge in [0.15, 0.2) is 0 Å². The van der Waals surface area contributed by atoms with Crippen molar-refractivity contribution in [2.45, 2.75) is 19.4 Å². The lowest BCUT2D eigenvalue weighted by atomic mass is 10.1. The van der Waals surface area contributed by atoms with E-state index in [2.05, 4.69) is 10.3 Å². The zero-order valence-electron chi connectivity index (χ0n) is 13.8. The largest absolute Gasteiger partial charge is 0.369 e. The monoisotopic (exact) mass is 334 g/mol. The van der Waals surface area contributed by atoms with E-state index < -0.39 is 0 Å². The maximum Gasteiger partial charge on any atom is 0.224 e. The van der Waals surface area contributed by atoms with Crippen molar-refractivity contribution < 1.29 is 9.59 Å². The molecule has 0 unspecified atom stereocenters. The molecule has 0 fully saturated rings. The Bertz CT molecular complexity index is 899. The Morgan fingerprint density at radius 1 is 1.08 bits per heavy atom. The molecule has 3 aromatic rings. The van der Waals surface area contributed by atoms with Gasteiger partial charge in [0.05, 0.1) is 12.8 Å². The number of aromatic nitrogens is 1. The number of para-hydroxylation sites is 1. The van der Waals surface area contributed by atoms with Crippen LogP contribution in [0.5, 0.6) is 0 Å². The minimum absolute atomic E-state index is 0.120. The van der Waals surface area contributed by atoms with Gasteiger partial charge in [-0.2, -0.15) is 0 Å². The molecule has 0 saturated heterocycles. The first-order chi connectivity index (χ1) is 12.1. The van der Waals surface area contributed by atoms with Gasteiger partial charge >= 0.3 is 0 Å². The second-order valence-electron chi connectivity index (χ2n) is 5.95. The third kappa shape index (κ3) is 4.47. The molecule has 25 heavy (non-hydrogen) atoms. The van der Waals surface area contributed by atoms with E-state index in [-0.39, 0.29) is 18.2 Å². The van der Waals surface area contributed by atoms with E-state index in [0.717, 1.165) is 27.6 Å². The van der Waals surface area contributed by atoms with Crippen molar-refractivity contribution in [2.24, 2.45) is 5.73 Å². The number of fused-ring (bicyclic) bond motifs is 1. The van der Waals surface area contributed by atoms with Gasteiger partial charge in [0.2, 0.25) is 11.8 Å². The van der Waals surface area contributed by atoms with Crippen LogP contribution >= 0.6 is 0 Å². The third-order valence-electron chi connectivity index (χ3n) is 4.02. The minimum atomic E-state index is -0.367. The fraction of sp³-hybridized carbons (Fsp3) is 0.150. The van der Waals surface area contributed by atoms with Crippen LogP contribution in [0.3, 0.4) is 0 Å². The fourth-order valence-corrected chi connectivity index (χ4v) is 2.82.